The second-order valence-electron chi connectivity index (χ2n) is 2.42. The first kappa shape index (κ1) is 11.8. The molecule has 3 nitrogen and oxygen atoms in total. The molecule has 0 aliphatic heterocycles. The minimum atomic E-state index is -5.78. The summed E-state index contributed by atoms with van der Waals surface area (Å²) in [6.45, 7) is 0. The Bertz CT molecular complexity index is 385. The van der Waals surface area contributed by atoms with Crippen LogP contribution < -0.4 is 0 Å². The second-order valence-corrected chi connectivity index (χ2v) is 3.27. The quantitative estimate of drug-likeness (QED) is 0.817. The molecule has 0 aliphatic rings. The molecule has 1 aromatic rings. The maximum atomic E-state index is 12.6. The predicted molar refractivity (Wildman–Crippen MR) is 39.0 cm³/mol. The summed E-state index contributed by atoms with van der Waals surface area (Å²) in [6.07, 6.45) is -5.78. The molecule has 0 aromatic carbocycles. The number of carboxylic acids is 1. The van der Waals surface area contributed by atoms with Crippen molar-refractivity contribution in [2.45, 2.75) is 12.1 Å². The van der Waals surface area contributed by atoms with Gasteiger partial charge in [-0.05, 0) is 0 Å². The number of carbonyl (C=O) groups is 1. The zero-order valence-corrected chi connectivity index (χ0v) is 7.49. The number of aromatic carboxylic acids is 1. The summed E-state index contributed by atoms with van der Waals surface area (Å²) in [4.78, 5) is 12.9. The largest absolute Gasteiger partial charge is 0.476 e. The van der Waals surface area contributed by atoms with Crippen LogP contribution in [-0.2, 0) is 5.92 Å². The van der Waals surface area contributed by atoms with E-state index in [4.69, 9.17) is 5.11 Å². The van der Waals surface area contributed by atoms with Crippen molar-refractivity contribution in [1.29, 1.82) is 0 Å². The van der Waals surface area contributed by atoms with Crippen molar-refractivity contribution in [2.75, 3.05) is 0 Å². The van der Waals surface area contributed by atoms with Gasteiger partial charge in [-0.2, -0.15) is 22.0 Å². The minimum absolute atomic E-state index is 0.0503. The van der Waals surface area contributed by atoms with Crippen molar-refractivity contribution < 1.29 is 31.9 Å². The Morgan fingerprint density at radius 3 is 2.20 bits per heavy atom. The van der Waals surface area contributed by atoms with Crippen LogP contribution in [0.4, 0.5) is 22.0 Å². The highest BCUT2D eigenvalue weighted by molar-refractivity contribution is 7.10. The van der Waals surface area contributed by atoms with Gasteiger partial charge in [-0.1, -0.05) is 0 Å². The SMILES string of the molecule is O=C(O)c1csc(C(F)(F)C(F)(F)F)n1. The molecule has 1 heterocycles. The molecular weight excluding hydrogens is 245 g/mol. The van der Waals surface area contributed by atoms with Crippen LogP contribution >= 0.6 is 11.3 Å². The van der Waals surface area contributed by atoms with E-state index in [1.165, 1.54) is 0 Å². The Hall–Kier alpha value is -1.25. The molecular formula is C6H2F5NO2S. The summed E-state index contributed by atoms with van der Waals surface area (Å²) in [6, 6.07) is 0. The number of thiazole rings is 1. The molecule has 0 spiro atoms. The van der Waals surface area contributed by atoms with E-state index in [2.05, 4.69) is 4.98 Å². The van der Waals surface area contributed by atoms with Gasteiger partial charge >= 0.3 is 18.1 Å². The molecule has 1 N–H and O–H groups in total. The van der Waals surface area contributed by atoms with Gasteiger partial charge in [0.1, 0.15) is 0 Å². The zero-order chi connectivity index (χ0) is 11.9. The maximum Gasteiger partial charge on any atom is 0.460 e. The molecule has 0 aliphatic carbocycles. The van der Waals surface area contributed by atoms with E-state index >= 15 is 0 Å². The summed E-state index contributed by atoms with van der Waals surface area (Å²) in [5, 5.41) is 7.33. The van der Waals surface area contributed by atoms with E-state index in [9.17, 15) is 26.7 Å². The first-order valence-corrected chi connectivity index (χ1v) is 4.18. The lowest BCUT2D eigenvalue weighted by molar-refractivity contribution is -0.289. The molecule has 0 saturated carbocycles. The molecule has 9 heteroatoms. The number of alkyl halides is 5. The number of rotatable bonds is 2. The minimum Gasteiger partial charge on any atom is -0.476 e. The highest BCUT2D eigenvalue weighted by Gasteiger charge is 2.61. The van der Waals surface area contributed by atoms with Crippen molar-refractivity contribution >= 4 is 17.3 Å². The van der Waals surface area contributed by atoms with Crippen molar-refractivity contribution in [3.05, 3.63) is 16.1 Å². The van der Waals surface area contributed by atoms with Crippen LogP contribution in [0.2, 0.25) is 0 Å². The molecule has 84 valence electrons. The van der Waals surface area contributed by atoms with Crippen molar-refractivity contribution in [2.24, 2.45) is 0 Å². The van der Waals surface area contributed by atoms with Gasteiger partial charge in [0.25, 0.3) is 0 Å². The standard InChI is InChI=1S/C6H2F5NO2S/c7-5(8,6(9,10)11)4-12-2(1-15-4)3(13)14/h1H,(H,13,14). The molecule has 0 unspecified atom stereocenters. The van der Waals surface area contributed by atoms with Crippen LogP contribution in [0.1, 0.15) is 15.5 Å². The van der Waals surface area contributed by atoms with Gasteiger partial charge in [0.15, 0.2) is 10.7 Å². The number of aromatic nitrogens is 1. The van der Waals surface area contributed by atoms with Gasteiger partial charge in [0, 0.05) is 5.38 Å². The molecule has 1 rings (SSSR count). The Kier molecular flexibility index (Phi) is 2.68. The summed E-state index contributed by atoms with van der Waals surface area (Å²) in [5.41, 5.74) is -0.834. The molecule has 0 amide bonds. The third-order valence-corrected chi connectivity index (χ3v) is 2.26. The molecule has 0 saturated heterocycles. The van der Waals surface area contributed by atoms with E-state index in [1.807, 2.05) is 0 Å². The predicted octanol–water partition coefficient (Wildman–Crippen LogP) is 2.50. The van der Waals surface area contributed by atoms with Gasteiger partial charge in [-0.3, -0.25) is 0 Å². The van der Waals surface area contributed by atoms with Crippen LogP contribution in [0.25, 0.3) is 0 Å². The summed E-state index contributed by atoms with van der Waals surface area (Å²) < 4.78 is 60.5. The number of halogens is 5. The van der Waals surface area contributed by atoms with Crippen molar-refractivity contribution in [1.82, 2.24) is 4.98 Å². The molecule has 15 heavy (non-hydrogen) atoms. The van der Waals surface area contributed by atoms with E-state index in [-0.39, 0.29) is 11.3 Å². The molecule has 0 fully saturated rings. The fraction of sp³-hybridized carbons (Fsp3) is 0.333. The fourth-order valence-electron chi connectivity index (χ4n) is 0.637. The summed E-state index contributed by atoms with van der Waals surface area (Å²) >= 11 is -0.0503. The average Bonchev–Trinajstić information content (AvgIpc) is 2.49. The average molecular weight is 247 g/mol. The number of carboxylic acid groups (broad SMARTS) is 1. The lowest BCUT2D eigenvalue weighted by Crippen LogP contribution is -2.33. The Balaban J connectivity index is 3.11. The molecule has 0 atom stereocenters. The first-order chi connectivity index (χ1) is 6.66. The molecule has 1 aromatic heterocycles. The van der Waals surface area contributed by atoms with E-state index in [0.29, 0.717) is 5.38 Å². The Morgan fingerprint density at radius 2 is 1.87 bits per heavy atom. The highest BCUT2D eigenvalue weighted by atomic mass is 32.1. The van der Waals surface area contributed by atoms with Crippen LogP contribution in [-0.4, -0.2) is 22.2 Å². The number of nitrogens with zero attached hydrogens (tertiary/aromatic N) is 1. The van der Waals surface area contributed by atoms with Gasteiger partial charge in [-0.25, -0.2) is 9.78 Å². The van der Waals surface area contributed by atoms with E-state index in [0.717, 1.165) is 0 Å². The second kappa shape index (κ2) is 3.40. The van der Waals surface area contributed by atoms with Crippen LogP contribution in [0.3, 0.4) is 0 Å². The van der Waals surface area contributed by atoms with Crippen molar-refractivity contribution in [3.8, 4) is 0 Å². The van der Waals surface area contributed by atoms with Gasteiger partial charge < -0.3 is 5.11 Å². The maximum absolute atomic E-state index is 12.6. The van der Waals surface area contributed by atoms with Crippen LogP contribution in [0.15, 0.2) is 5.38 Å². The van der Waals surface area contributed by atoms with Crippen molar-refractivity contribution in [3.63, 3.8) is 0 Å². The lowest BCUT2D eigenvalue weighted by atomic mass is 10.3. The van der Waals surface area contributed by atoms with Gasteiger partial charge in [0.05, 0.1) is 0 Å². The van der Waals surface area contributed by atoms with E-state index in [1.54, 1.807) is 0 Å². The monoisotopic (exact) mass is 247 g/mol. The van der Waals surface area contributed by atoms with E-state index < -0.39 is 28.8 Å². The summed E-state index contributed by atoms with van der Waals surface area (Å²) in [7, 11) is 0. The molecule has 0 radical (unpaired) electrons. The third kappa shape index (κ3) is 2.06. The number of hydrogen-bond donors (Lipinski definition) is 1. The smallest absolute Gasteiger partial charge is 0.460 e. The topological polar surface area (TPSA) is 50.2 Å². The highest BCUT2D eigenvalue weighted by Crippen LogP contribution is 2.44. The normalized spacial score (nSPS) is 12.9. The lowest BCUT2D eigenvalue weighted by Gasteiger charge is -2.16. The number of hydrogen-bond acceptors (Lipinski definition) is 3. The third-order valence-electron chi connectivity index (χ3n) is 1.35. The molecule has 0 bridgehead atoms. The van der Waals surface area contributed by atoms with Gasteiger partial charge in [-0.15, -0.1) is 11.3 Å². The Labute approximate surface area is 83.2 Å². The fourth-order valence-corrected chi connectivity index (χ4v) is 1.43. The van der Waals surface area contributed by atoms with Crippen LogP contribution in [0, 0.1) is 0 Å². The van der Waals surface area contributed by atoms with Crippen LogP contribution in [0.5, 0.6) is 0 Å². The van der Waals surface area contributed by atoms with Gasteiger partial charge in [0.2, 0.25) is 0 Å². The first-order valence-electron chi connectivity index (χ1n) is 3.30. The summed E-state index contributed by atoms with van der Waals surface area (Å²) in [5.74, 6) is -6.78. The Morgan fingerprint density at radius 1 is 1.33 bits per heavy atom. The zero-order valence-electron chi connectivity index (χ0n) is 6.68.